The zero-order valence-electron chi connectivity index (χ0n) is 11.4. The molecule has 1 aromatic carbocycles. The molecule has 20 heavy (non-hydrogen) atoms. The Kier molecular flexibility index (Phi) is 4.22. The maximum atomic E-state index is 11.3. The van der Waals surface area contributed by atoms with Crippen molar-refractivity contribution < 1.29 is 14.8 Å². The number of carboxylic acid groups (broad SMARTS) is 1. The van der Waals surface area contributed by atoms with E-state index < -0.39 is 10.9 Å². The first kappa shape index (κ1) is 14.3. The fourth-order valence-corrected chi connectivity index (χ4v) is 2.77. The normalized spacial score (nSPS) is 18.2. The minimum absolute atomic E-state index is 0.0658. The molecular formula is C14H18N2O4. The summed E-state index contributed by atoms with van der Waals surface area (Å²) >= 11 is 0. The van der Waals surface area contributed by atoms with Gasteiger partial charge < -0.3 is 10.0 Å². The second kappa shape index (κ2) is 5.90. The van der Waals surface area contributed by atoms with E-state index in [1.807, 2.05) is 4.90 Å². The Balaban J connectivity index is 2.31. The summed E-state index contributed by atoms with van der Waals surface area (Å²) in [7, 11) is 0. The molecule has 0 spiro atoms. The van der Waals surface area contributed by atoms with Crippen LogP contribution in [0.1, 0.15) is 36.5 Å². The lowest BCUT2D eigenvalue weighted by Crippen LogP contribution is -2.22. The van der Waals surface area contributed by atoms with Crippen LogP contribution in [0.4, 0.5) is 11.4 Å². The number of carboxylic acids is 1. The molecule has 0 aliphatic carbocycles. The lowest BCUT2D eigenvalue weighted by atomic mass is 10.0. The Morgan fingerprint density at radius 2 is 2.30 bits per heavy atom. The molecule has 1 aliphatic rings. The highest BCUT2D eigenvalue weighted by Crippen LogP contribution is 2.31. The van der Waals surface area contributed by atoms with E-state index in [-0.39, 0.29) is 11.3 Å². The van der Waals surface area contributed by atoms with Gasteiger partial charge in [0.25, 0.3) is 5.69 Å². The average molecular weight is 278 g/mol. The molecule has 108 valence electrons. The molecule has 1 aromatic rings. The van der Waals surface area contributed by atoms with Gasteiger partial charge in [0.15, 0.2) is 0 Å². The summed E-state index contributed by atoms with van der Waals surface area (Å²) in [4.78, 5) is 23.6. The highest BCUT2D eigenvalue weighted by molar-refractivity contribution is 5.95. The van der Waals surface area contributed by atoms with Gasteiger partial charge in [0, 0.05) is 25.2 Å². The van der Waals surface area contributed by atoms with Gasteiger partial charge in [-0.1, -0.05) is 13.3 Å². The lowest BCUT2D eigenvalue weighted by Gasteiger charge is -2.20. The van der Waals surface area contributed by atoms with Crippen molar-refractivity contribution in [3.05, 3.63) is 33.9 Å². The number of non-ortho nitro benzene ring substituents is 1. The van der Waals surface area contributed by atoms with Crippen LogP contribution in [0.3, 0.4) is 0 Å². The standard InChI is InChI=1S/C14H18N2O4/c1-2-3-10-6-7-15(9-10)13-8-11(16(19)20)4-5-12(13)14(17)18/h4-5,8,10H,2-3,6-7,9H2,1H3,(H,17,18). The summed E-state index contributed by atoms with van der Waals surface area (Å²) < 4.78 is 0. The van der Waals surface area contributed by atoms with Crippen molar-refractivity contribution in [3.8, 4) is 0 Å². The summed E-state index contributed by atoms with van der Waals surface area (Å²) in [5, 5.41) is 20.1. The predicted molar refractivity (Wildman–Crippen MR) is 75.3 cm³/mol. The van der Waals surface area contributed by atoms with E-state index in [9.17, 15) is 20.0 Å². The van der Waals surface area contributed by atoms with E-state index in [4.69, 9.17) is 0 Å². The van der Waals surface area contributed by atoms with Crippen molar-refractivity contribution in [2.45, 2.75) is 26.2 Å². The van der Waals surface area contributed by atoms with E-state index in [1.165, 1.54) is 18.2 Å². The van der Waals surface area contributed by atoms with Crippen LogP contribution in [-0.4, -0.2) is 29.1 Å². The number of rotatable bonds is 5. The van der Waals surface area contributed by atoms with Gasteiger partial charge in [-0.3, -0.25) is 10.1 Å². The van der Waals surface area contributed by atoms with Crippen LogP contribution in [0.2, 0.25) is 0 Å². The predicted octanol–water partition coefficient (Wildman–Crippen LogP) is 2.92. The quantitative estimate of drug-likeness (QED) is 0.661. The van der Waals surface area contributed by atoms with Crippen LogP contribution >= 0.6 is 0 Å². The molecule has 1 atom stereocenters. The molecule has 6 heteroatoms. The number of hydrogen-bond donors (Lipinski definition) is 1. The Morgan fingerprint density at radius 1 is 1.55 bits per heavy atom. The molecule has 1 saturated heterocycles. The zero-order chi connectivity index (χ0) is 14.7. The van der Waals surface area contributed by atoms with Crippen molar-refractivity contribution in [2.75, 3.05) is 18.0 Å². The highest BCUT2D eigenvalue weighted by atomic mass is 16.6. The molecular weight excluding hydrogens is 260 g/mol. The van der Waals surface area contributed by atoms with E-state index >= 15 is 0 Å². The third kappa shape index (κ3) is 2.89. The number of hydrogen-bond acceptors (Lipinski definition) is 4. The Morgan fingerprint density at radius 3 is 2.90 bits per heavy atom. The third-order valence-electron chi connectivity index (χ3n) is 3.75. The van der Waals surface area contributed by atoms with Gasteiger partial charge in [-0.05, 0) is 24.8 Å². The molecule has 1 aliphatic heterocycles. The molecule has 1 heterocycles. The Labute approximate surface area is 117 Å². The number of anilines is 1. The lowest BCUT2D eigenvalue weighted by molar-refractivity contribution is -0.384. The minimum atomic E-state index is -1.05. The van der Waals surface area contributed by atoms with Crippen LogP contribution in [0.25, 0.3) is 0 Å². The van der Waals surface area contributed by atoms with Gasteiger partial charge in [0.1, 0.15) is 0 Å². The third-order valence-corrected chi connectivity index (χ3v) is 3.75. The number of nitrogens with zero attached hydrogens (tertiary/aromatic N) is 2. The van der Waals surface area contributed by atoms with Crippen molar-refractivity contribution in [1.29, 1.82) is 0 Å². The second-order valence-electron chi connectivity index (χ2n) is 5.15. The topological polar surface area (TPSA) is 83.7 Å². The molecule has 0 aromatic heterocycles. The van der Waals surface area contributed by atoms with Crippen molar-refractivity contribution in [2.24, 2.45) is 5.92 Å². The van der Waals surface area contributed by atoms with Gasteiger partial charge in [-0.2, -0.15) is 0 Å². The first-order valence-electron chi connectivity index (χ1n) is 6.79. The van der Waals surface area contributed by atoms with E-state index in [1.54, 1.807) is 0 Å². The minimum Gasteiger partial charge on any atom is -0.478 e. The summed E-state index contributed by atoms with van der Waals surface area (Å²) in [5.74, 6) is -0.505. The molecule has 1 unspecified atom stereocenters. The van der Waals surface area contributed by atoms with Crippen LogP contribution < -0.4 is 4.90 Å². The maximum absolute atomic E-state index is 11.3. The first-order valence-corrected chi connectivity index (χ1v) is 6.79. The zero-order valence-corrected chi connectivity index (χ0v) is 11.4. The molecule has 1 N–H and O–H groups in total. The number of benzene rings is 1. The van der Waals surface area contributed by atoms with Crippen LogP contribution in [0.15, 0.2) is 18.2 Å². The van der Waals surface area contributed by atoms with E-state index in [0.29, 0.717) is 11.6 Å². The largest absolute Gasteiger partial charge is 0.478 e. The molecule has 0 saturated carbocycles. The Bertz CT molecular complexity index is 530. The maximum Gasteiger partial charge on any atom is 0.337 e. The number of nitro benzene ring substituents is 1. The van der Waals surface area contributed by atoms with Crippen LogP contribution in [0.5, 0.6) is 0 Å². The smallest absolute Gasteiger partial charge is 0.337 e. The monoisotopic (exact) mass is 278 g/mol. The molecule has 6 nitrogen and oxygen atoms in total. The molecule has 0 radical (unpaired) electrons. The van der Waals surface area contributed by atoms with Crippen LogP contribution in [0, 0.1) is 16.0 Å². The number of carbonyl (C=O) groups is 1. The number of aromatic carboxylic acids is 1. The van der Waals surface area contributed by atoms with E-state index in [0.717, 1.165) is 32.4 Å². The molecule has 0 amide bonds. The summed E-state index contributed by atoms with van der Waals surface area (Å²) in [6.45, 7) is 3.65. The summed E-state index contributed by atoms with van der Waals surface area (Å²) in [6.07, 6.45) is 3.21. The summed E-state index contributed by atoms with van der Waals surface area (Å²) in [5.41, 5.74) is 0.530. The van der Waals surface area contributed by atoms with Gasteiger partial charge in [-0.15, -0.1) is 0 Å². The SMILES string of the molecule is CCCC1CCN(c2cc([N+](=O)[O-])ccc2C(=O)O)C1. The molecule has 1 fully saturated rings. The van der Waals surface area contributed by atoms with Gasteiger partial charge in [0.2, 0.25) is 0 Å². The van der Waals surface area contributed by atoms with Crippen molar-refractivity contribution >= 4 is 17.3 Å². The molecule has 2 rings (SSSR count). The highest BCUT2D eigenvalue weighted by Gasteiger charge is 2.26. The van der Waals surface area contributed by atoms with Crippen LogP contribution in [-0.2, 0) is 0 Å². The number of nitro groups is 1. The summed E-state index contributed by atoms with van der Waals surface area (Å²) in [6, 6.07) is 3.94. The fourth-order valence-electron chi connectivity index (χ4n) is 2.77. The van der Waals surface area contributed by atoms with Crippen molar-refractivity contribution in [3.63, 3.8) is 0 Å². The second-order valence-corrected chi connectivity index (χ2v) is 5.15. The van der Waals surface area contributed by atoms with Crippen molar-refractivity contribution in [1.82, 2.24) is 0 Å². The Hall–Kier alpha value is -2.11. The van der Waals surface area contributed by atoms with Gasteiger partial charge in [-0.25, -0.2) is 4.79 Å². The average Bonchev–Trinajstić information content (AvgIpc) is 2.86. The first-order chi connectivity index (χ1) is 9.52. The fraction of sp³-hybridized carbons (Fsp3) is 0.500. The van der Waals surface area contributed by atoms with Gasteiger partial charge >= 0.3 is 5.97 Å². The van der Waals surface area contributed by atoms with Gasteiger partial charge in [0.05, 0.1) is 16.2 Å². The van der Waals surface area contributed by atoms with E-state index in [2.05, 4.69) is 6.92 Å². The molecule has 0 bridgehead atoms.